The number of hydrogen-bond acceptors (Lipinski definition) is 4. The standard InChI is InChI=1S/C17H23N5/c1-12-7-14(9-18)17(21-15-10-20-22(2)11-15)8-16(12)13-3-5-19-6-4-13/h7-11,13,18-19,21H,3-6H2,1-2H3. The largest absolute Gasteiger partial charge is 0.352 e. The van der Waals surface area contributed by atoms with Gasteiger partial charge in [0, 0.05) is 30.7 Å². The molecule has 0 atom stereocenters. The number of nitrogens with zero attached hydrogens (tertiary/aromatic N) is 2. The van der Waals surface area contributed by atoms with E-state index >= 15 is 0 Å². The lowest BCUT2D eigenvalue weighted by atomic mass is 9.86. The predicted molar refractivity (Wildman–Crippen MR) is 90.4 cm³/mol. The van der Waals surface area contributed by atoms with E-state index in [9.17, 15) is 0 Å². The van der Waals surface area contributed by atoms with Crippen LogP contribution in [0.3, 0.4) is 0 Å². The number of aromatic nitrogens is 2. The summed E-state index contributed by atoms with van der Waals surface area (Å²) in [5.41, 5.74) is 5.53. The summed E-state index contributed by atoms with van der Waals surface area (Å²) < 4.78 is 1.77. The lowest BCUT2D eigenvalue weighted by Gasteiger charge is -2.25. The van der Waals surface area contributed by atoms with Crippen LogP contribution in [0.1, 0.15) is 35.4 Å². The highest BCUT2D eigenvalue weighted by Gasteiger charge is 2.18. The van der Waals surface area contributed by atoms with Gasteiger partial charge < -0.3 is 16.0 Å². The molecule has 3 N–H and O–H groups in total. The molecule has 2 heterocycles. The minimum atomic E-state index is 0.607. The third-order valence-electron chi connectivity index (χ3n) is 4.36. The minimum Gasteiger partial charge on any atom is -0.352 e. The molecule has 0 radical (unpaired) electrons. The minimum absolute atomic E-state index is 0.607. The second-order valence-corrected chi connectivity index (χ2v) is 5.99. The summed E-state index contributed by atoms with van der Waals surface area (Å²) in [6.45, 7) is 4.32. The molecule has 5 nitrogen and oxygen atoms in total. The van der Waals surface area contributed by atoms with E-state index in [1.165, 1.54) is 30.2 Å². The lowest BCUT2D eigenvalue weighted by molar-refractivity contribution is 0.459. The van der Waals surface area contributed by atoms with Gasteiger partial charge in [0.15, 0.2) is 0 Å². The number of aryl methyl sites for hydroxylation is 2. The summed E-state index contributed by atoms with van der Waals surface area (Å²) in [5, 5.41) is 18.7. The molecular formula is C17H23N5. The Hall–Kier alpha value is -2.14. The fourth-order valence-corrected chi connectivity index (χ4v) is 3.19. The maximum absolute atomic E-state index is 7.67. The molecule has 1 aromatic heterocycles. The summed E-state index contributed by atoms with van der Waals surface area (Å²) in [6, 6.07) is 4.34. The molecule has 1 aromatic carbocycles. The lowest BCUT2D eigenvalue weighted by Crippen LogP contribution is -2.27. The Morgan fingerprint density at radius 1 is 1.36 bits per heavy atom. The molecule has 0 bridgehead atoms. The maximum atomic E-state index is 7.67. The summed E-state index contributed by atoms with van der Waals surface area (Å²) in [6.07, 6.45) is 7.52. The van der Waals surface area contributed by atoms with Crippen LogP contribution >= 0.6 is 0 Å². The topological polar surface area (TPSA) is 65.7 Å². The summed E-state index contributed by atoms with van der Waals surface area (Å²) >= 11 is 0. The first-order valence-electron chi connectivity index (χ1n) is 7.79. The van der Waals surface area contributed by atoms with E-state index in [4.69, 9.17) is 5.41 Å². The van der Waals surface area contributed by atoms with Crippen molar-refractivity contribution in [2.45, 2.75) is 25.7 Å². The second-order valence-electron chi connectivity index (χ2n) is 5.99. The SMILES string of the molecule is Cc1cc(C=N)c(Nc2cnn(C)c2)cc1C1CCNCC1. The average molecular weight is 297 g/mol. The van der Waals surface area contributed by atoms with Crippen LogP contribution in [0.2, 0.25) is 0 Å². The van der Waals surface area contributed by atoms with Crippen LogP contribution < -0.4 is 10.6 Å². The molecule has 0 spiro atoms. The van der Waals surface area contributed by atoms with Crippen LogP contribution in [0.25, 0.3) is 0 Å². The Bertz CT molecular complexity index is 668. The molecule has 116 valence electrons. The van der Waals surface area contributed by atoms with Crippen molar-refractivity contribution in [2.24, 2.45) is 7.05 Å². The van der Waals surface area contributed by atoms with E-state index in [1.807, 2.05) is 13.2 Å². The van der Waals surface area contributed by atoms with Crippen molar-refractivity contribution in [3.8, 4) is 0 Å². The fraction of sp³-hybridized carbons (Fsp3) is 0.412. The van der Waals surface area contributed by atoms with Gasteiger partial charge in [0.2, 0.25) is 0 Å². The normalized spacial score (nSPS) is 15.7. The van der Waals surface area contributed by atoms with Crippen molar-refractivity contribution in [3.05, 3.63) is 41.2 Å². The van der Waals surface area contributed by atoms with Crippen LogP contribution in [0, 0.1) is 12.3 Å². The van der Waals surface area contributed by atoms with E-state index in [0.29, 0.717) is 5.92 Å². The van der Waals surface area contributed by atoms with Crippen molar-refractivity contribution >= 4 is 17.6 Å². The van der Waals surface area contributed by atoms with E-state index in [-0.39, 0.29) is 0 Å². The van der Waals surface area contributed by atoms with E-state index in [2.05, 4.69) is 34.8 Å². The van der Waals surface area contributed by atoms with Crippen molar-refractivity contribution in [1.29, 1.82) is 5.41 Å². The molecule has 1 fully saturated rings. The summed E-state index contributed by atoms with van der Waals surface area (Å²) in [7, 11) is 1.90. The van der Waals surface area contributed by atoms with Gasteiger partial charge in [-0.25, -0.2) is 0 Å². The molecule has 5 heteroatoms. The summed E-state index contributed by atoms with van der Waals surface area (Å²) in [4.78, 5) is 0. The van der Waals surface area contributed by atoms with Gasteiger partial charge in [0.1, 0.15) is 0 Å². The average Bonchev–Trinajstić information content (AvgIpc) is 2.94. The molecule has 3 rings (SSSR count). The number of rotatable bonds is 4. The van der Waals surface area contributed by atoms with E-state index in [1.54, 1.807) is 10.9 Å². The number of piperidine rings is 1. The highest BCUT2D eigenvalue weighted by atomic mass is 15.3. The maximum Gasteiger partial charge on any atom is 0.0770 e. The van der Waals surface area contributed by atoms with Gasteiger partial charge in [-0.15, -0.1) is 0 Å². The Balaban J connectivity index is 1.94. The van der Waals surface area contributed by atoms with Crippen molar-refractivity contribution < 1.29 is 0 Å². The van der Waals surface area contributed by atoms with Gasteiger partial charge in [-0.1, -0.05) is 0 Å². The summed E-state index contributed by atoms with van der Waals surface area (Å²) in [5.74, 6) is 0.607. The molecular weight excluding hydrogens is 274 g/mol. The Kier molecular flexibility index (Phi) is 4.24. The predicted octanol–water partition coefficient (Wildman–Crippen LogP) is 2.94. The third kappa shape index (κ3) is 3.04. The van der Waals surface area contributed by atoms with Crippen molar-refractivity contribution in [2.75, 3.05) is 18.4 Å². The van der Waals surface area contributed by atoms with Crippen molar-refractivity contribution in [3.63, 3.8) is 0 Å². The Morgan fingerprint density at radius 2 is 2.14 bits per heavy atom. The Morgan fingerprint density at radius 3 is 2.77 bits per heavy atom. The van der Waals surface area contributed by atoms with Gasteiger partial charge in [0.05, 0.1) is 11.9 Å². The first-order chi connectivity index (χ1) is 10.7. The van der Waals surface area contributed by atoms with Gasteiger partial charge in [0.25, 0.3) is 0 Å². The molecule has 1 saturated heterocycles. The molecule has 0 saturated carbocycles. The second kappa shape index (κ2) is 6.32. The van der Waals surface area contributed by atoms with E-state index in [0.717, 1.165) is 30.0 Å². The number of hydrogen-bond donors (Lipinski definition) is 3. The van der Waals surface area contributed by atoms with Crippen LogP contribution in [0.15, 0.2) is 24.5 Å². The highest BCUT2D eigenvalue weighted by Crippen LogP contribution is 2.32. The van der Waals surface area contributed by atoms with Crippen LogP contribution in [0.4, 0.5) is 11.4 Å². The zero-order chi connectivity index (χ0) is 15.5. The van der Waals surface area contributed by atoms with Crippen LogP contribution in [-0.2, 0) is 7.05 Å². The fourth-order valence-electron chi connectivity index (χ4n) is 3.19. The quantitative estimate of drug-likeness (QED) is 0.760. The van der Waals surface area contributed by atoms with Gasteiger partial charge in [-0.2, -0.15) is 5.10 Å². The van der Waals surface area contributed by atoms with Gasteiger partial charge in [-0.3, -0.25) is 4.68 Å². The zero-order valence-electron chi connectivity index (χ0n) is 13.2. The molecule has 1 aliphatic rings. The van der Waals surface area contributed by atoms with Crippen LogP contribution in [0.5, 0.6) is 0 Å². The monoisotopic (exact) mass is 297 g/mol. The molecule has 2 aromatic rings. The molecule has 0 unspecified atom stereocenters. The Labute approximate surface area is 131 Å². The molecule has 22 heavy (non-hydrogen) atoms. The van der Waals surface area contributed by atoms with Crippen molar-refractivity contribution in [1.82, 2.24) is 15.1 Å². The van der Waals surface area contributed by atoms with E-state index < -0.39 is 0 Å². The first-order valence-corrected chi connectivity index (χ1v) is 7.79. The van der Waals surface area contributed by atoms with Gasteiger partial charge in [-0.05, 0) is 62.0 Å². The number of benzene rings is 1. The number of nitrogens with one attached hydrogen (secondary N) is 3. The van der Waals surface area contributed by atoms with Gasteiger partial charge >= 0.3 is 0 Å². The zero-order valence-corrected chi connectivity index (χ0v) is 13.2. The highest BCUT2D eigenvalue weighted by molar-refractivity contribution is 5.88. The first kappa shape index (κ1) is 14.8. The molecule has 0 amide bonds. The third-order valence-corrected chi connectivity index (χ3v) is 4.36. The number of anilines is 2. The molecule has 1 aliphatic heterocycles. The van der Waals surface area contributed by atoms with Crippen LogP contribution in [-0.4, -0.2) is 29.1 Å². The molecule has 0 aliphatic carbocycles. The smallest absolute Gasteiger partial charge is 0.0770 e.